The van der Waals surface area contributed by atoms with Gasteiger partial charge >= 0.3 is 308 Å². The minimum atomic E-state index is 0. The second-order valence-corrected chi connectivity index (χ2v) is 0. The van der Waals surface area contributed by atoms with Gasteiger partial charge in [0.15, 0.2) is 0 Å². The molecule has 0 rings (SSSR count). The van der Waals surface area contributed by atoms with Gasteiger partial charge in [-0.05, 0) is 0 Å². The van der Waals surface area contributed by atoms with Crippen LogP contribution in [0.15, 0.2) is 0 Å². The molecular formula is H18K6N4. The minimum absolute atomic E-state index is 0. The molecule has 0 aliphatic rings. The van der Waals surface area contributed by atoms with Gasteiger partial charge in [-0.1, -0.05) is 0 Å². The van der Waals surface area contributed by atoms with Gasteiger partial charge in [-0.3, -0.25) is 0 Å². The van der Waals surface area contributed by atoms with Gasteiger partial charge in [0.05, 0.1) is 0 Å². The predicted molar refractivity (Wildman–Crippen MR) is 26.8 cm³/mol. The molecule has 0 atom stereocenters. The molecule has 0 unspecified atom stereocenters. The van der Waals surface area contributed by atoms with E-state index in [0.717, 1.165) is 0 Å². The van der Waals surface area contributed by atoms with Gasteiger partial charge < -0.3 is 33.2 Å². The van der Waals surface area contributed by atoms with Crippen molar-refractivity contribution >= 4 is 0 Å². The summed E-state index contributed by atoms with van der Waals surface area (Å²) in [6, 6.07) is 0. The average molecular weight is 309 g/mol. The molecule has 0 bridgehead atoms. The van der Waals surface area contributed by atoms with Gasteiger partial charge in [0, 0.05) is 0 Å². The van der Waals surface area contributed by atoms with Crippen molar-refractivity contribution < 1.29 is 317 Å². The summed E-state index contributed by atoms with van der Waals surface area (Å²) in [6.07, 6.45) is 0. The van der Waals surface area contributed by atoms with Crippen LogP contribution in [0.5, 0.6) is 0 Å². The van der Waals surface area contributed by atoms with Gasteiger partial charge in [-0.2, -0.15) is 0 Å². The van der Waals surface area contributed by atoms with Crippen LogP contribution in [0.25, 0.3) is 0 Å². The molecule has 0 saturated carbocycles. The van der Waals surface area contributed by atoms with E-state index < -0.39 is 0 Å². The third kappa shape index (κ3) is 52.5. The van der Waals surface area contributed by atoms with Crippen LogP contribution >= 0.6 is 0 Å². The normalized spacial score (nSPS) is 0. The fourth-order valence-corrected chi connectivity index (χ4v) is 0. The van der Waals surface area contributed by atoms with Crippen LogP contribution in [0.2, 0.25) is 0 Å². The third-order valence-corrected chi connectivity index (χ3v) is 0. The Morgan fingerprint density at radius 2 is 0.300 bits per heavy atom. The summed E-state index contributed by atoms with van der Waals surface area (Å²) in [4.78, 5) is 0. The molecule has 0 heterocycles. The van der Waals surface area contributed by atoms with Crippen LogP contribution in [-0.2, 0) is 0 Å². The van der Waals surface area contributed by atoms with Crippen molar-refractivity contribution in [3.05, 3.63) is 0 Å². The molecule has 0 aliphatic heterocycles. The largest absolute Gasteiger partial charge is 1.00 e. The van der Waals surface area contributed by atoms with E-state index in [4.69, 9.17) is 0 Å². The van der Waals surface area contributed by atoms with Crippen LogP contribution in [0.3, 0.4) is 0 Å². The number of hydrogen-bond donors (Lipinski definition) is 4. The topological polar surface area (TPSA) is 140 Å². The zero-order chi connectivity index (χ0) is 0. The predicted octanol–water partition coefficient (Wildman–Crippen LogP) is -16.7. The van der Waals surface area contributed by atoms with Crippen LogP contribution in [0, 0.1) is 0 Å². The third-order valence-electron chi connectivity index (χ3n) is 0. The van der Waals surface area contributed by atoms with Crippen LogP contribution in [0.1, 0.15) is 8.56 Å². The van der Waals surface area contributed by atoms with E-state index in [-0.39, 0.29) is 341 Å². The Hall–Kier alpha value is 9.66. The summed E-state index contributed by atoms with van der Waals surface area (Å²) in [5, 5.41) is 0. The van der Waals surface area contributed by atoms with E-state index in [2.05, 4.69) is 0 Å². The van der Waals surface area contributed by atoms with Crippen molar-refractivity contribution in [3.63, 3.8) is 0 Å². The van der Waals surface area contributed by atoms with Crippen molar-refractivity contribution in [2.75, 3.05) is 0 Å². The van der Waals surface area contributed by atoms with Gasteiger partial charge in [-0.15, -0.1) is 0 Å². The molecule has 0 aromatic carbocycles. The van der Waals surface area contributed by atoms with Crippen molar-refractivity contribution in [1.29, 1.82) is 0 Å². The minimum Gasteiger partial charge on any atom is -1.00 e. The Bertz CT molecular complexity index is 25.0. The van der Waals surface area contributed by atoms with Gasteiger partial charge in [0.1, 0.15) is 0 Å². The van der Waals surface area contributed by atoms with E-state index >= 15 is 0 Å². The number of hydrogen-bond acceptors (Lipinski definition) is 4. The Kier molecular flexibility index (Phi) is 458. The van der Waals surface area contributed by atoms with E-state index in [9.17, 15) is 0 Å². The smallest absolute Gasteiger partial charge is 1.00 e. The molecule has 0 aromatic heterocycles. The Labute approximate surface area is 328 Å². The van der Waals surface area contributed by atoms with Crippen molar-refractivity contribution in [2.24, 2.45) is 0 Å². The molecule has 44 valence electrons. The first kappa shape index (κ1) is 73.4. The zero-order valence-electron chi connectivity index (χ0n) is 14.8. The fourth-order valence-electron chi connectivity index (χ4n) is 0. The summed E-state index contributed by atoms with van der Waals surface area (Å²) in [5.74, 6) is 0. The summed E-state index contributed by atoms with van der Waals surface area (Å²) in [5.41, 5.74) is 0. The van der Waals surface area contributed by atoms with Crippen molar-refractivity contribution in [1.82, 2.24) is 24.6 Å². The van der Waals surface area contributed by atoms with E-state index in [1.165, 1.54) is 0 Å². The van der Waals surface area contributed by atoms with Crippen molar-refractivity contribution in [2.45, 2.75) is 0 Å². The SMILES string of the molecule is N.N.N.N.[H-].[H-].[H-].[H-].[H-].[H-].[K+].[K+].[K+].[K+].[K+].[K+]. The van der Waals surface area contributed by atoms with Crippen molar-refractivity contribution in [3.8, 4) is 0 Å². The quantitative estimate of drug-likeness (QED) is 0.330. The summed E-state index contributed by atoms with van der Waals surface area (Å²) < 4.78 is 0. The molecule has 0 amide bonds. The summed E-state index contributed by atoms with van der Waals surface area (Å²) >= 11 is 0. The van der Waals surface area contributed by atoms with E-state index in [0.29, 0.717) is 0 Å². The first-order valence-electron chi connectivity index (χ1n) is 0. The average Bonchev–Trinajstić information content (AvgIpc) is 0. The summed E-state index contributed by atoms with van der Waals surface area (Å²) in [7, 11) is 0. The van der Waals surface area contributed by atoms with E-state index in [1.54, 1.807) is 0 Å². The Balaban J connectivity index is 0. The van der Waals surface area contributed by atoms with Crippen LogP contribution in [0.4, 0.5) is 0 Å². The molecule has 0 radical (unpaired) electrons. The van der Waals surface area contributed by atoms with Gasteiger partial charge in [-0.25, -0.2) is 0 Å². The second kappa shape index (κ2) is 62.4. The van der Waals surface area contributed by atoms with Gasteiger partial charge in [0.25, 0.3) is 0 Å². The molecular weight excluding hydrogens is 291 g/mol. The first-order valence-corrected chi connectivity index (χ1v) is 0. The molecule has 0 fully saturated rings. The van der Waals surface area contributed by atoms with Gasteiger partial charge in [0.2, 0.25) is 0 Å². The monoisotopic (exact) mass is 308 g/mol. The maximum Gasteiger partial charge on any atom is 1.00 e. The maximum atomic E-state index is 0. The summed E-state index contributed by atoms with van der Waals surface area (Å²) in [6.45, 7) is 0. The molecule has 0 saturated heterocycles. The molecule has 0 aromatic rings. The standard InChI is InChI=1S/6K.4H3N.6H/h;;;;;;4*1H3;;;;;;/q6*+1;;;;;6*-1. The van der Waals surface area contributed by atoms with Crippen LogP contribution < -0.4 is 333 Å². The Morgan fingerprint density at radius 3 is 0.300 bits per heavy atom. The maximum absolute atomic E-state index is 0. The molecule has 0 aliphatic carbocycles. The molecule has 10 heavy (non-hydrogen) atoms. The molecule has 12 N–H and O–H groups in total. The molecule has 0 spiro atoms. The van der Waals surface area contributed by atoms with E-state index in [1.807, 2.05) is 0 Å². The number of rotatable bonds is 0. The Morgan fingerprint density at radius 1 is 0.300 bits per heavy atom. The fraction of sp³-hybridized carbons (Fsp3) is 0. The zero-order valence-corrected chi connectivity index (χ0v) is 27.6. The molecule has 4 nitrogen and oxygen atoms in total. The second-order valence-electron chi connectivity index (χ2n) is 0. The molecule has 10 heteroatoms. The first-order chi connectivity index (χ1) is 0. The van der Waals surface area contributed by atoms with Crippen LogP contribution in [-0.4, -0.2) is 0 Å².